The first kappa shape index (κ1) is 24.7. The number of halogens is 1. The lowest BCUT2D eigenvalue weighted by atomic mass is 10.0. The first-order valence-electron chi connectivity index (χ1n) is 9.48. The van der Waals surface area contributed by atoms with E-state index in [4.69, 9.17) is 25.8 Å². The third-order valence-corrected chi connectivity index (χ3v) is 4.89. The minimum absolute atomic E-state index is 0.0171. The van der Waals surface area contributed by atoms with Crippen LogP contribution in [0.15, 0.2) is 30.3 Å². The predicted molar refractivity (Wildman–Crippen MR) is 119 cm³/mol. The van der Waals surface area contributed by atoms with Crippen molar-refractivity contribution in [3.8, 4) is 17.2 Å². The Morgan fingerprint density at radius 1 is 1.03 bits per heavy atom. The average molecular weight is 466 g/mol. The van der Waals surface area contributed by atoms with Crippen LogP contribution in [0.2, 0.25) is 5.02 Å². The molecule has 2 N–H and O–H groups in total. The molecule has 0 fully saturated rings. The van der Waals surface area contributed by atoms with Gasteiger partial charge < -0.3 is 24.8 Å². The van der Waals surface area contributed by atoms with Gasteiger partial charge in [-0.3, -0.25) is 19.7 Å². The molecule has 0 aromatic heterocycles. The van der Waals surface area contributed by atoms with Gasteiger partial charge in [-0.05, 0) is 12.0 Å². The Labute approximate surface area is 189 Å². The smallest absolute Gasteiger partial charge is 0.270 e. The van der Waals surface area contributed by atoms with E-state index in [-0.39, 0.29) is 22.2 Å². The van der Waals surface area contributed by atoms with E-state index in [0.29, 0.717) is 22.9 Å². The molecule has 172 valence electrons. The number of nitro groups is 1. The number of hydrogen-bond acceptors (Lipinski definition) is 7. The highest BCUT2D eigenvalue weighted by molar-refractivity contribution is 6.34. The summed E-state index contributed by atoms with van der Waals surface area (Å²) < 4.78 is 15.8. The van der Waals surface area contributed by atoms with E-state index in [0.717, 1.165) is 6.07 Å². The minimum Gasteiger partial charge on any atom is -0.493 e. The highest BCUT2D eigenvalue weighted by Crippen LogP contribution is 2.40. The fraction of sp³-hybridized carbons (Fsp3) is 0.333. The van der Waals surface area contributed by atoms with Gasteiger partial charge in [-0.25, -0.2) is 0 Å². The molecule has 2 aromatic rings. The summed E-state index contributed by atoms with van der Waals surface area (Å²) in [4.78, 5) is 35.9. The molecule has 32 heavy (non-hydrogen) atoms. The van der Waals surface area contributed by atoms with Crippen LogP contribution in [0.5, 0.6) is 17.2 Å². The summed E-state index contributed by atoms with van der Waals surface area (Å²) in [5.41, 5.74) is 0.147. The van der Waals surface area contributed by atoms with E-state index in [2.05, 4.69) is 10.6 Å². The van der Waals surface area contributed by atoms with Crippen LogP contribution in [0.4, 0.5) is 11.4 Å². The van der Waals surface area contributed by atoms with Crippen LogP contribution in [0, 0.1) is 16.0 Å². The number of non-ortho nitro benzene ring substituents is 1. The topological polar surface area (TPSA) is 129 Å². The van der Waals surface area contributed by atoms with Crippen LogP contribution in [0.3, 0.4) is 0 Å². The largest absolute Gasteiger partial charge is 0.493 e. The van der Waals surface area contributed by atoms with E-state index < -0.39 is 22.8 Å². The zero-order chi connectivity index (χ0) is 24.0. The summed E-state index contributed by atoms with van der Waals surface area (Å²) in [6.45, 7) is 3.52. The number of carbonyl (C=O) groups excluding carboxylic acids is 2. The molecule has 2 rings (SSSR count). The molecule has 0 bridgehead atoms. The number of anilines is 1. The van der Waals surface area contributed by atoms with E-state index in [1.165, 1.54) is 33.5 Å². The fourth-order valence-electron chi connectivity index (χ4n) is 2.93. The molecule has 0 aliphatic rings. The number of rotatable bonds is 9. The van der Waals surface area contributed by atoms with Crippen LogP contribution in [-0.4, -0.2) is 44.1 Å². The van der Waals surface area contributed by atoms with Crippen molar-refractivity contribution in [1.29, 1.82) is 0 Å². The second kappa shape index (κ2) is 10.7. The van der Waals surface area contributed by atoms with E-state index in [1.807, 2.05) is 0 Å². The number of benzene rings is 2. The van der Waals surface area contributed by atoms with Crippen molar-refractivity contribution in [2.24, 2.45) is 5.92 Å². The lowest BCUT2D eigenvalue weighted by molar-refractivity contribution is -0.384. The quantitative estimate of drug-likeness (QED) is 0.427. The van der Waals surface area contributed by atoms with Crippen LogP contribution in [-0.2, 0) is 4.79 Å². The molecule has 2 amide bonds. The van der Waals surface area contributed by atoms with Gasteiger partial charge in [-0.2, -0.15) is 0 Å². The summed E-state index contributed by atoms with van der Waals surface area (Å²) >= 11 is 6.03. The van der Waals surface area contributed by atoms with Crippen molar-refractivity contribution in [2.75, 3.05) is 26.6 Å². The number of ether oxygens (including phenoxy) is 3. The van der Waals surface area contributed by atoms with Crippen LogP contribution >= 0.6 is 11.6 Å². The molecule has 0 saturated carbocycles. The van der Waals surface area contributed by atoms with Gasteiger partial charge >= 0.3 is 0 Å². The normalized spacial score (nSPS) is 11.5. The Kier molecular flexibility index (Phi) is 8.25. The Morgan fingerprint density at radius 2 is 1.62 bits per heavy atom. The molecule has 0 radical (unpaired) electrons. The summed E-state index contributed by atoms with van der Waals surface area (Å²) in [5.74, 6) is -0.327. The van der Waals surface area contributed by atoms with Gasteiger partial charge in [0.1, 0.15) is 6.04 Å². The molecule has 0 aliphatic heterocycles. The average Bonchev–Trinajstić information content (AvgIpc) is 2.75. The number of nitrogens with one attached hydrogen (secondary N) is 2. The summed E-state index contributed by atoms with van der Waals surface area (Å²) in [6, 6.07) is 5.69. The third-order valence-electron chi connectivity index (χ3n) is 4.58. The number of amides is 2. The molecule has 11 heteroatoms. The van der Waals surface area contributed by atoms with E-state index in [1.54, 1.807) is 26.0 Å². The maximum Gasteiger partial charge on any atom is 0.270 e. The molecular weight excluding hydrogens is 442 g/mol. The number of hydrogen-bond donors (Lipinski definition) is 2. The van der Waals surface area contributed by atoms with Crippen molar-refractivity contribution in [3.05, 3.63) is 51.0 Å². The third kappa shape index (κ3) is 5.58. The Hall–Kier alpha value is -3.53. The first-order valence-corrected chi connectivity index (χ1v) is 9.86. The molecule has 1 atom stereocenters. The highest BCUT2D eigenvalue weighted by Gasteiger charge is 2.27. The van der Waals surface area contributed by atoms with Crippen molar-refractivity contribution in [3.63, 3.8) is 0 Å². The lowest BCUT2D eigenvalue weighted by Gasteiger charge is -2.22. The maximum atomic E-state index is 12.9. The van der Waals surface area contributed by atoms with Crippen LogP contribution < -0.4 is 24.8 Å². The van der Waals surface area contributed by atoms with Crippen molar-refractivity contribution in [2.45, 2.75) is 19.9 Å². The Balaban J connectivity index is 2.25. The Morgan fingerprint density at radius 3 is 2.06 bits per heavy atom. The summed E-state index contributed by atoms with van der Waals surface area (Å²) in [6.07, 6.45) is 0. The molecule has 0 saturated heterocycles. The zero-order valence-electron chi connectivity index (χ0n) is 18.2. The van der Waals surface area contributed by atoms with Crippen molar-refractivity contribution >= 4 is 34.8 Å². The first-order chi connectivity index (χ1) is 15.1. The molecule has 2 aromatic carbocycles. The number of nitro benzene ring substituents is 1. The van der Waals surface area contributed by atoms with Gasteiger partial charge in [0.25, 0.3) is 11.6 Å². The molecule has 0 heterocycles. The van der Waals surface area contributed by atoms with Gasteiger partial charge in [0.05, 0.1) is 36.8 Å². The molecule has 0 unspecified atom stereocenters. The summed E-state index contributed by atoms with van der Waals surface area (Å²) in [7, 11) is 4.37. The molecule has 10 nitrogen and oxygen atoms in total. The van der Waals surface area contributed by atoms with Gasteiger partial charge in [0.2, 0.25) is 11.7 Å². The minimum atomic E-state index is -0.923. The van der Waals surface area contributed by atoms with Gasteiger partial charge in [-0.1, -0.05) is 25.4 Å². The number of nitrogens with zero attached hydrogens (tertiary/aromatic N) is 1. The summed E-state index contributed by atoms with van der Waals surface area (Å²) in [5, 5.41) is 16.1. The van der Waals surface area contributed by atoms with Gasteiger partial charge in [-0.15, -0.1) is 0 Å². The highest BCUT2D eigenvalue weighted by atomic mass is 35.5. The van der Waals surface area contributed by atoms with Crippen molar-refractivity contribution in [1.82, 2.24) is 5.32 Å². The maximum absolute atomic E-state index is 12.9. The van der Waals surface area contributed by atoms with Crippen LogP contribution in [0.25, 0.3) is 0 Å². The number of methoxy groups -OCH3 is 3. The molecule has 0 spiro atoms. The standard InChI is InChI=1S/C21H24ClN3O7/c1-11(2)18(24-20(26)14-7-6-13(25(28)29)10-15(14)22)21(27)23-12-8-16(30-3)19(32-5)17(9-12)31-4/h6-11,18H,1-5H3,(H,23,27)(H,24,26)/t18-/m0/s1. The van der Waals surface area contributed by atoms with E-state index >= 15 is 0 Å². The second-order valence-corrected chi connectivity index (χ2v) is 7.43. The van der Waals surface area contributed by atoms with Crippen LogP contribution in [0.1, 0.15) is 24.2 Å². The van der Waals surface area contributed by atoms with Gasteiger partial charge in [0, 0.05) is 30.0 Å². The Bertz CT molecular complexity index is 1000. The molecule has 0 aliphatic carbocycles. The predicted octanol–water partition coefficient (Wildman–Crippen LogP) is 3.67. The molecular formula is C21H24ClN3O7. The lowest BCUT2D eigenvalue weighted by Crippen LogP contribution is -2.47. The number of carbonyl (C=O) groups is 2. The van der Waals surface area contributed by atoms with Crippen molar-refractivity contribution < 1.29 is 28.7 Å². The zero-order valence-corrected chi connectivity index (χ0v) is 19.0. The second-order valence-electron chi connectivity index (χ2n) is 7.02. The fourth-order valence-corrected chi connectivity index (χ4v) is 3.19. The van der Waals surface area contributed by atoms with Gasteiger partial charge in [0.15, 0.2) is 11.5 Å². The SMILES string of the molecule is COc1cc(NC(=O)[C@@H](NC(=O)c2ccc([N+](=O)[O-])cc2Cl)C(C)C)cc(OC)c1OC. The van der Waals surface area contributed by atoms with E-state index in [9.17, 15) is 19.7 Å². The monoisotopic (exact) mass is 465 g/mol.